The van der Waals surface area contributed by atoms with Crippen molar-refractivity contribution in [2.45, 2.75) is 6.42 Å². The standard InChI is InChI=1S/C25H27N7OS/c1-30(13-8-16-33-4)23-20-19(17-9-6-5-7-10-17)21(18-11-14-32(3)29-18)34-25(20)28-22(27-23)24-26-12-15-31(24)2/h5-7,9-12,14-15H,8,13,16H2,1-4H3. The number of anilines is 1. The van der Waals surface area contributed by atoms with E-state index in [0.29, 0.717) is 12.4 Å². The minimum atomic E-state index is 0.613. The van der Waals surface area contributed by atoms with Crippen LogP contribution in [0, 0.1) is 0 Å². The lowest BCUT2D eigenvalue weighted by Gasteiger charge is -2.20. The molecule has 0 saturated heterocycles. The fourth-order valence-electron chi connectivity index (χ4n) is 4.09. The summed E-state index contributed by atoms with van der Waals surface area (Å²) in [4.78, 5) is 18.7. The minimum Gasteiger partial charge on any atom is -0.385 e. The number of ether oxygens (including phenoxy) is 1. The molecular weight excluding hydrogens is 446 g/mol. The SMILES string of the molecule is COCCCN(C)c1nc(-c2nccn2C)nc2sc(-c3ccn(C)n3)c(-c3ccccc3)c12. The van der Waals surface area contributed by atoms with Crippen molar-refractivity contribution in [2.24, 2.45) is 14.1 Å². The maximum Gasteiger partial charge on any atom is 0.199 e. The number of hydrogen-bond donors (Lipinski definition) is 0. The molecule has 0 aliphatic heterocycles. The molecule has 1 aromatic carbocycles. The van der Waals surface area contributed by atoms with Crippen LogP contribution < -0.4 is 4.90 Å². The molecule has 0 saturated carbocycles. The zero-order valence-electron chi connectivity index (χ0n) is 19.8. The van der Waals surface area contributed by atoms with Crippen LogP contribution in [0.1, 0.15) is 6.42 Å². The van der Waals surface area contributed by atoms with Gasteiger partial charge >= 0.3 is 0 Å². The zero-order chi connectivity index (χ0) is 23.7. The summed E-state index contributed by atoms with van der Waals surface area (Å²) in [6.07, 6.45) is 6.55. The maximum atomic E-state index is 5.29. The van der Waals surface area contributed by atoms with E-state index in [4.69, 9.17) is 19.8 Å². The molecule has 5 rings (SSSR count). The number of aryl methyl sites for hydroxylation is 2. The molecule has 0 aliphatic rings. The van der Waals surface area contributed by atoms with Crippen LogP contribution in [-0.4, -0.2) is 56.6 Å². The molecule has 0 spiro atoms. The number of imidazole rings is 1. The predicted octanol–water partition coefficient (Wildman–Crippen LogP) is 4.63. The number of benzene rings is 1. The lowest BCUT2D eigenvalue weighted by molar-refractivity contribution is 0.196. The highest BCUT2D eigenvalue weighted by Crippen LogP contribution is 2.47. The van der Waals surface area contributed by atoms with Gasteiger partial charge < -0.3 is 14.2 Å². The van der Waals surface area contributed by atoms with E-state index in [0.717, 1.165) is 56.5 Å². The average molecular weight is 474 g/mol. The van der Waals surface area contributed by atoms with E-state index >= 15 is 0 Å². The Hall–Kier alpha value is -3.56. The summed E-state index contributed by atoms with van der Waals surface area (Å²) >= 11 is 1.65. The highest BCUT2D eigenvalue weighted by molar-refractivity contribution is 7.22. The number of fused-ring (bicyclic) bond motifs is 1. The number of thiophene rings is 1. The molecule has 4 heterocycles. The van der Waals surface area contributed by atoms with Gasteiger partial charge in [0.2, 0.25) is 0 Å². The fraction of sp³-hybridized carbons (Fsp3) is 0.280. The second-order valence-corrected chi connectivity index (χ2v) is 9.23. The second-order valence-electron chi connectivity index (χ2n) is 8.23. The molecule has 0 aliphatic carbocycles. The van der Waals surface area contributed by atoms with E-state index in [9.17, 15) is 0 Å². The van der Waals surface area contributed by atoms with Crippen molar-refractivity contribution < 1.29 is 4.74 Å². The van der Waals surface area contributed by atoms with Crippen molar-refractivity contribution >= 4 is 27.4 Å². The van der Waals surface area contributed by atoms with Crippen molar-refractivity contribution in [3.8, 4) is 33.3 Å². The van der Waals surface area contributed by atoms with Gasteiger partial charge in [0, 0.05) is 65.6 Å². The maximum absolute atomic E-state index is 5.29. The molecule has 0 N–H and O–H groups in total. The first-order chi connectivity index (χ1) is 16.6. The summed E-state index contributed by atoms with van der Waals surface area (Å²) in [6, 6.07) is 12.5. The summed E-state index contributed by atoms with van der Waals surface area (Å²) in [6.45, 7) is 1.50. The smallest absolute Gasteiger partial charge is 0.199 e. The number of aromatic nitrogens is 6. The lowest BCUT2D eigenvalue weighted by Crippen LogP contribution is -2.21. The molecule has 0 fully saturated rings. The van der Waals surface area contributed by atoms with E-state index in [2.05, 4.69) is 41.2 Å². The zero-order valence-corrected chi connectivity index (χ0v) is 20.6. The molecule has 9 heteroatoms. The topological polar surface area (TPSA) is 73.9 Å². The summed E-state index contributed by atoms with van der Waals surface area (Å²) in [5, 5.41) is 5.75. The third kappa shape index (κ3) is 4.08. The molecule has 0 amide bonds. The molecule has 4 aromatic heterocycles. The summed E-state index contributed by atoms with van der Waals surface area (Å²) < 4.78 is 9.07. The predicted molar refractivity (Wildman–Crippen MR) is 137 cm³/mol. The van der Waals surface area contributed by atoms with E-state index in [1.54, 1.807) is 24.6 Å². The molecule has 0 bridgehead atoms. The van der Waals surface area contributed by atoms with Gasteiger partial charge in [0.15, 0.2) is 11.6 Å². The first-order valence-electron chi connectivity index (χ1n) is 11.1. The summed E-state index contributed by atoms with van der Waals surface area (Å²) in [7, 11) is 7.70. The number of hydrogen-bond acceptors (Lipinski definition) is 7. The van der Waals surface area contributed by atoms with Gasteiger partial charge in [-0.05, 0) is 18.1 Å². The molecule has 0 radical (unpaired) electrons. The summed E-state index contributed by atoms with van der Waals surface area (Å²) in [5.41, 5.74) is 3.16. The van der Waals surface area contributed by atoms with Gasteiger partial charge in [-0.15, -0.1) is 11.3 Å². The van der Waals surface area contributed by atoms with E-state index in [1.165, 1.54) is 0 Å². The third-order valence-corrected chi connectivity index (χ3v) is 6.87. The molecule has 0 unspecified atom stereocenters. The van der Waals surface area contributed by atoms with Gasteiger partial charge in [-0.3, -0.25) is 4.68 Å². The molecule has 34 heavy (non-hydrogen) atoms. The first-order valence-corrected chi connectivity index (χ1v) is 12.0. The molecule has 0 atom stereocenters. The fourth-order valence-corrected chi connectivity index (χ4v) is 5.25. The molecule has 5 aromatic rings. The quantitative estimate of drug-likeness (QED) is 0.306. The van der Waals surface area contributed by atoms with E-state index in [1.807, 2.05) is 47.9 Å². The van der Waals surface area contributed by atoms with E-state index < -0.39 is 0 Å². The third-order valence-electron chi connectivity index (χ3n) is 5.77. The first kappa shape index (κ1) is 22.2. The number of methoxy groups -OCH3 is 1. The Labute approximate surface area is 202 Å². The molecule has 8 nitrogen and oxygen atoms in total. The lowest BCUT2D eigenvalue weighted by atomic mass is 10.0. The Bertz CT molecular complexity index is 1420. The van der Waals surface area contributed by atoms with Gasteiger partial charge in [-0.25, -0.2) is 15.0 Å². The average Bonchev–Trinajstić information content (AvgIpc) is 3.56. The Kier molecular flexibility index (Phi) is 6.12. The second kappa shape index (κ2) is 9.36. The van der Waals surface area contributed by atoms with Gasteiger partial charge in [0.05, 0.1) is 10.3 Å². The van der Waals surface area contributed by atoms with Crippen LogP contribution in [0.25, 0.3) is 43.6 Å². The van der Waals surface area contributed by atoms with Crippen molar-refractivity contribution in [2.75, 3.05) is 32.2 Å². The van der Waals surface area contributed by atoms with Crippen LogP contribution in [0.2, 0.25) is 0 Å². The number of rotatable bonds is 8. The largest absolute Gasteiger partial charge is 0.385 e. The van der Waals surface area contributed by atoms with Gasteiger partial charge in [-0.2, -0.15) is 5.10 Å². The van der Waals surface area contributed by atoms with Crippen LogP contribution in [0.15, 0.2) is 55.0 Å². The van der Waals surface area contributed by atoms with Crippen LogP contribution in [0.3, 0.4) is 0 Å². The van der Waals surface area contributed by atoms with Crippen LogP contribution in [0.5, 0.6) is 0 Å². The number of nitrogens with zero attached hydrogens (tertiary/aromatic N) is 7. The van der Waals surface area contributed by atoms with Crippen LogP contribution in [-0.2, 0) is 18.8 Å². The Morgan fingerprint density at radius 3 is 2.56 bits per heavy atom. The van der Waals surface area contributed by atoms with Crippen molar-refractivity contribution in [3.05, 3.63) is 55.0 Å². The normalized spacial score (nSPS) is 11.4. The monoisotopic (exact) mass is 473 g/mol. The molecular formula is C25H27N7OS. The van der Waals surface area contributed by atoms with Crippen molar-refractivity contribution in [1.82, 2.24) is 29.3 Å². The Balaban J connectivity index is 1.80. The van der Waals surface area contributed by atoms with Crippen molar-refractivity contribution in [1.29, 1.82) is 0 Å². The summed E-state index contributed by atoms with van der Waals surface area (Å²) in [5.74, 6) is 2.24. The van der Waals surface area contributed by atoms with Crippen LogP contribution in [0.4, 0.5) is 5.82 Å². The van der Waals surface area contributed by atoms with Gasteiger partial charge in [0.25, 0.3) is 0 Å². The van der Waals surface area contributed by atoms with E-state index in [-0.39, 0.29) is 0 Å². The van der Waals surface area contributed by atoms with Gasteiger partial charge in [0.1, 0.15) is 16.3 Å². The molecule has 174 valence electrons. The highest BCUT2D eigenvalue weighted by Gasteiger charge is 2.25. The minimum absolute atomic E-state index is 0.613. The highest BCUT2D eigenvalue weighted by atomic mass is 32.1. The van der Waals surface area contributed by atoms with Gasteiger partial charge in [-0.1, -0.05) is 30.3 Å². The Morgan fingerprint density at radius 2 is 1.88 bits per heavy atom. The Morgan fingerprint density at radius 1 is 1.06 bits per heavy atom. The van der Waals surface area contributed by atoms with Crippen molar-refractivity contribution in [3.63, 3.8) is 0 Å². The van der Waals surface area contributed by atoms with Crippen LogP contribution >= 0.6 is 11.3 Å².